The van der Waals surface area contributed by atoms with Crippen LogP contribution in [0.5, 0.6) is 0 Å². The summed E-state index contributed by atoms with van der Waals surface area (Å²) in [5, 5.41) is 7.35. The van der Waals surface area contributed by atoms with Crippen LogP contribution in [-0.4, -0.2) is 31.4 Å². The first-order valence-corrected chi connectivity index (χ1v) is 6.54. The summed E-state index contributed by atoms with van der Waals surface area (Å²) in [6, 6.07) is 0. The predicted octanol–water partition coefficient (Wildman–Crippen LogP) is 0.578. The number of nitrogens with two attached hydrogens (primary N) is 1. The Morgan fingerprint density at radius 1 is 1.25 bits per heavy atom. The Labute approximate surface area is 96.6 Å². The van der Waals surface area contributed by atoms with Crippen molar-refractivity contribution in [3.8, 4) is 0 Å². The van der Waals surface area contributed by atoms with Crippen molar-refractivity contribution in [2.24, 2.45) is 5.14 Å². The maximum absolute atomic E-state index is 11.4. The molecule has 0 unspecified atom stereocenters. The van der Waals surface area contributed by atoms with Gasteiger partial charge < -0.3 is 10.1 Å². The molecule has 0 bridgehead atoms. The molecule has 0 aromatic carbocycles. The van der Waals surface area contributed by atoms with Gasteiger partial charge in [0.25, 0.3) is 0 Å². The van der Waals surface area contributed by atoms with Gasteiger partial charge in [0, 0.05) is 0 Å². The van der Waals surface area contributed by atoms with Crippen molar-refractivity contribution in [2.45, 2.75) is 45.8 Å². The van der Waals surface area contributed by atoms with E-state index in [-0.39, 0.29) is 5.75 Å². The molecule has 0 aliphatic carbocycles. The Hall–Kier alpha value is -0.820. The monoisotopic (exact) mass is 252 g/mol. The van der Waals surface area contributed by atoms with Gasteiger partial charge in [0.1, 0.15) is 5.60 Å². The highest BCUT2D eigenvalue weighted by Crippen LogP contribution is 2.10. The number of nitrogens with one attached hydrogen (secondary N) is 1. The first kappa shape index (κ1) is 15.2. The first-order valence-electron chi connectivity index (χ1n) is 4.82. The van der Waals surface area contributed by atoms with Gasteiger partial charge in [-0.15, -0.1) is 0 Å². The Balaban J connectivity index is 4.43. The number of hydrogen-bond acceptors (Lipinski definition) is 4. The van der Waals surface area contributed by atoms with Gasteiger partial charge in [-0.25, -0.2) is 18.4 Å². The number of rotatable bonds is 3. The van der Waals surface area contributed by atoms with Crippen LogP contribution in [0.3, 0.4) is 0 Å². The normalized spacial score (nSPS) is 13.4. The van der Waals surface area contributed by atoms with E-state index in [1.54, 1.807) is 34.6 Å². The molecule has 0 spiro atoms. The molecule has 7 heteroatoms. The summed E-state index contributed by atoms with van der Waals surface area (Å²) in [5.74, 6) is -0.348. The molecule has 16 heavy (non-hydrogen) atoms. The van der Waals surface area contributed by atoms with Crippen molar-refractivity contribution in [1.82, 2.24) is 5.32 Å². The SMILES string of the molecule is CC(C)(CS(N)(=O)=O)NC(=O)OC(C)(C)C. The van der Waals surface area contributed by atoms with Gasteiger partial charge in [0.05, 0.1) is 11.3 Å². The number of hydrogen-bond donors (Lipinski definition) is 2. The third kappa shape index (κ3) is 8.49. The van der Waals surface area contributed by atoms with Crippen LogP contribution in [0.1, 0.15) is 34.6 Å². The van der Waals surface area contributed by atoms with Crippen LogP contribution in [0, 0.1) is 0 Å². The zero-order valence-corrected chi connectivity index (χ0v) is 11.1. The van der Waals surface area contributed by atoms with Crippen molar-refractivity contribution >= 4 is 16.1 Å². The lowest BCUT2D eigenvalue weighted by Crippen LogP contribution is -2.50. The maximum atomic E-state index is 11.4. The molecular formula is C9H20N2O4S. The molecule has 0 aliphatic rings. The van der Waals surface area contributed by atoms with E-state index in [4.69, 9.17) is 9.88 Å². The fourth-order valence-corrected chi connectivity index (χ4v) is 2.20. The van der Waals surface area contributed by atoms with Gasteiger partial charge in [-0.2, -0.15) is 0 Å². The Bertz CT molecular complexity index is 354. The van der Waals surface area contributed by atoms with Crippen LogP contribution < -0.4 is 10.5 Å². The summed E-state index contributed by atoms with van der Waals surface area (Å²) in [5.41, 5.74) is -1.59. The smallest absolute Gasteiger partial charge is 0.408 e. The molecule has 0 saturated carbocycles. The molecule has 0 fully saturated rings. The van der Waals surface area contributed by atoms with E-state index in [2.05, 4.69) is 5.32 Å². The van der Waals surface area contributed by atoms with Crippen molar-refractivity contribution in [3.05, 3.63) is 0 Å². The van der Waals surface area contributed by atoms with Crippen LogP contribution in [0.15, 0.2) is 0 Å². The van der Waals surface area contributed by atoms with E-state index < -0.39 is 27.3 Å². The molecule has 1 amide bonds. The summed E-state index contributed by atoms with van der Waals surface area (Å²) in [6.07, 6.45) is -0.666. The number of alkyl carbamates (subject to hydrolysis) is 1. The molecule has 0 saturated heterocycles. The van der Waals surface area contributed by atoms with E-state index in [1.165, 1.54) is 0 Å². The van der Waals surface area contributed by atoms with Gasteiger partial charge in [0.15, 0.2) is 0 Å². The average Bonchev–Trinajstić information content (AvgIpc) is 1.70. The van der Waals surface area contributed by atoms with Crippen LogP contribution in [0.25, 0.3) is 0 Å². The zero-order chi connectivity index (χ0) is 13.2. The molecule has 0 atom stereocenters. The highest BCUT2D eigenvalue weighted by Gasteiger charge is 2.28. The predicted molar refractivity (Wildman–Crippen MR) is 61.4 cm³/mol. The standard InChI is InChI=1S/C9H20N2O4S/c1-8(2,3)15-7(12)11-9(4,5)6-16(10,13)14/h6H2,1-5H3,(H,11,12)(H2,10,13,14). The Kier molecular flexibility index (Phi) is 4.35. The van der Waals surface area contributed by atoms with Gasteiger partial charge in [-0.1, -0.05) is 0 Å². The van der Waals surface area contributed by atoms with Crippen molar-refractivity contribution in [1.29, 1.82) is 0 Å². The molecule has 6 nitrogen and oxygen atoms in total. The summed E-state index contributed by atoms with van der Waals surface area (Å²) in [4.78, 5) is 11.4. The molecule has 0 aromatic heterocycles. The number of sulfonamides is 1. The lowest BCUT2D eigenvalue weighted by Gasteiger charge is -2.27. The van der Waals surface area contributed by atoms with Crippen molar-refractivity contribution in [3.63, 3.8) is 0 Å². The number of amides is 1. The first-order chi connectivity index (χ1) is 6.81. The fourth-order valence-electron chi connectivity index (χ4n) is 1.12. The number of carbonyl (C=O) groups excluding carboxylic acids is 1. The number of carbonyl (C=O) groups is 1. The third-order valence-electron chi connectivity index (χ3n) is 1.40. The molecule has 96 valence electrons. The minimum absolute atomic E-state index is 0.348. The Morgan fingerprint density at radius 2 is 1.69 bits per heavy atom. The van der Waals surface area contributed by atoms with E-state index in [0.717, 1.165) is 0 Å². The minimum Gasteiger partial charge on any atom is -0.444 e. The van der Waals surface area contributed by atoms with Crippen LogP contribution >= 0.6 is 0 Å². The van der Waals surface area contributed by atoms with Crippen molar-refractivity contribution < 1.29 is 17.9 Å². The lowest BCUT2D eigenvalue weighted by atomic mass is 10.1. The summed E-state index contributed by atoms with van der Waals surface area (Å²) >= 11 is 0. The highest BCUT2D eigenvalue weighted by molar-refractivity contribution is 7.89. The van der Waals surface area contributed by atoms with Gasteiger partial charge in [0.2, 0.25) is 10.0 Å². The molecule has 0 heterocycles. The molecule has 0 aliphatic heterocycles. The van der Waals surface area contributed by atoms with Crippen LogP contribution in [-0.2, 0) is 14.8 Å². The van der Waals surface area contributed by atoms with E-state index in [9.17, 15) is 13.2 Å². The highest BCUT2D eigenvalue weighted by atomic mass is 32.2. The number of primary sulfonamides is 1. The second kappa shape index (κ2) is 4.58. The molecule has 3 N–H and O–H groups in total. The summed E-state index contributed by atoms with van der Waals surface area (Å²) < 4.78 is 26.8. The summed E-state index contributed by atoms with van der Waals surface area (Å²) in [7, 11) is -3.64. The Morgan fingerprint density at radius 3 is 2.00 bits per heavy atom. The number of ether oxygens (including phenoxy) is 1. The second-order valence-electron chi connectivity index (χ2n) is 5.32. The quantitative estimate of drug-likeness (QED) is 0.767. The van der Waals surface area contributed by atoms with Gasteiger partial charge >= 0.3 is 6.09 Å². The molecular weight excluding hydrogens is 232 g/mol. The van der Waals surface area contributed by atoms with Gasteiger partial charge in [-0.3, -0.25) is 0 Å². The van der Waals surface area contributed by atoms with Crippen LogP contribution in [0.2, 0.25) is 0 Å². The zero-order valence-electron chi connectivity index (χ0n) is 10.3. The van der Waals surface area contributed by atoms with E-state index in [0.29, 0.717) is 0 Å². The fraction of sp³-hybridized carbons (Fsp3) is 0.889. The lowest BCUT2D eigenvalue weighted by molar-refractivity contribution is 0.0482. The minimum atomic E-state index is -3.64. The molecule has 0 aromatic rings. The largest absolute Gasteiger partial charge is 0.444 e. The summed E-state index contributed by atoms with van der Waals surface area (Å²) in [6.45, 7) is 8.28. The van der Waals surface area contributed by atoms with Crippen molar-refractivity contribution in [2.75, 3.05) is 5.75 Å². The van der Waals surface area contributed by atoms with Crippen LogP contribution in [0.4, 0.5) is 4.79 Å². The van der Waals surface area contributed by atoms with E-state index in [1.807, 2.05) is 0 Å². The average molecular weight is 252 g/mol. The van der Waals surface area contributed by atoms with Gasteiger partial charge in [-0.05, 0) is 34.6 Å². The topological polar surface area (TPSA) is 98.5 Å². The second-order valence-corrected chi connectivity index (χ2v) is 6.93. The maximum Gasteiger partial charge on any atom is 0.408 e. The third-order valence-corrected chi connectivity index (χ3v) is 2.53. The molecule has 0 rings (SSSR count). The molecule has 0 radical (unpaired) electrons. The van der Waals surface area contributed by atoms with E-state index >= 15 is 0 Å².